The van der Waals surface area contributed by atoms with Gasteiger partial charge in [0.25, 0.3) is 0 Å². The fourth-order valence-corrected chi connectivity index (χ4v) is 4.98. The SMILES string of the molecule is CC(=O)N1CCCc2cc(S(=O)(=O)CCC(=O)Nc3cc(C(F)(F)F)cc(C(F)(F)F)c3)ccc21. The van der Waals surface area contributed by atoms with E-state index in [4.69, 9.17) is 0 Å². The lowest BCUT2D eigenvalue weighted by atomic mass is 10.0. The van der Waals surface area contributed by atoms with Crippen LogP contribution in [0.5, 0.6) is 0 Å². The Morgan fingerprint density at radius 3 is 2.11 bits per heavy atom. The molecule has 2 aromatic rings. The molecule has 0 bridgehead atoms. The largest absolute Gasteiger partial charge is 0.416 e. The average Bonchev–Trinajstić information content (AvgIpc) is 2.75. The number of carbonyl (C=O) groups is 2. The number of nitrogens with zero attached hydrogens (tertiary/aromatic N) is 1. The Bertz CT molecular complexity index is 1220. The van der Waals surface area contributed by atoms with Crippen LogP contribution in [-0.2, 0) is 38.2 Å². The first-order valence-corrected chi connectivity index (χ1v) is 12.0. The number of halogens is 6. The van der Waals surface area contributed by atoms with E-state index in [1.54, 1.807) is 0 Å². The third kappa shape index (κ3) is 6.32. The predicted octanol–water partition coefficient (Wildman–Crippen LogP) is 4.83. The average molecular weight is 522 g/mol. The van der Waals surface area contributed by atoms with Crippen LogP contribution in [0.4, 0.5) is 37.7 Å². The van der Waals surface area contributed by atoms with E-state index in [-0.39, 0.29) is 16.9 Å². The first kappa shape index (κ1) is 26.5. The van der Waals surface area contributed by atoms with E-state index in [1.165, 1.54) is 30.0 Å². The highest BCUT2D eigenvalue weighted by molar-refractivity contribution is 7.91. The quantitative estimate of drug-likeness (QED) is 0.571. The molecule has 0 unspecified atom stereocenters. The molecule has 1 heterocycles. The Kier molecular flexibility index (Phi) is 7.21. The second kappa shape index (κ2) is 9.51. The molecule has 1 aliphatic rings. The number of nitrogens with one attached hydrogen (secondary N) is 1. The fourth-order valence-electron chi connectivity index (χ4n) is 3.69. The Morgan fingerprint density at radius 2 is 1.57 bits per heavy atom. The summed E-state index contributed by atoms with van der Waals surface area (Å²) in [6.07, 6.45) is -9.70. The highest BCUT2D eigenvalue weighted by Gasteiger charge is 2.37. The van der Waals surface area contributed by atoms with E-state index in [2.05, 4.69) is 0 Å². The summed E-state index contributed by atoms with van der Waals surface area (Å²) >= 11 is 0. The molecule has 0 aliphatic carbocycles. The van der Waals surface area contributed by atoms with Crippen LogP contribution >= 0.6 is 0 Å². The van der Waals surface area contributed by atoms with Crippen LogP contribution in [0.15, 0.2) is 41.3 Å². The number of fused-ring (bicyclic) bond motifs is 1. The standard InChI is InChI=1S/C22H20F6N2O4S/c1-13(31)30-7-2-3-14-9-18(4-5-19(14)30)35(33,34)8-6-20(32)29-17-11-15(21(23,24)25)10-16(12-17)22(26,27)28/h4-5,9-12H,2-3,6-8H2,1H3,(H,29,32). The van der Waals surface area contributed by atoms with Gasteiger partial charge in [0.15, 0.2) is 9.84 Å². The fraction of sp³-hybridized carbons (Fsp3) is 0.364. The molecule has 35 heavy (non-hydrogen) atoms. The summed E-state index contributed by atoms with van der Waals surface area (Å²) in [5.74, 6) is -1.98. The lowest BCUT2D eigenvalue weighted by Gasteiger charge is -2.28. The van der Waals surface area contributed by atoms with Crippen molar-refractivity contribution in [1.82, 2.24) is 0 Å². The van der Waals surface area contributed by atoms with Gasteiger partial charge in [0.05, 0.1) is 21.8 Å². The number of sulfone groups is 1. The first-order valence-electron chi connectivity index (χ1n) is 10.3. The zero-order valence-corrected chi connectivity index (χ0v) is 19.1. The van der Waals surface area contributed by atoms with Crippen molar-refractivity contribution in [1.29, 1.82) is 0 Å². The molecule has 2 aromatic carbocycles. The summed E-state index contributed by atoms with van der Waals surface area (Å²) in [4.78, 5) is 25.4. The number of carbonyl (C=O) groups excluding carboxylic acids is 2. The van der Waals surface area contributed by atoms with Gasteiger partial charge in [0, 0.05) is 31.3 Å². The number of rotatable bonds is 5. The molecule has 190 valence electrons. The molecule has 0 radical (unpaired) electrons. The third-order valence-electron chi connectivity index (χ3n) is 5.38. The molecule has 0 saturated carbocycles. The maximum absolute atomic E-state index is 13.0. The summed E-state index contributed by atoms with van der Waals surface area (Å²) in [5.41, 5.74) is -2.74. The molecule has 2 amide bonds. The van der Waals surface area contributed by atoms with Gasteiger partial charge in [-0.25, -0.2) is 8.42 Å². The first-order chi connectivity index (χ1) is 16.1. The van der Waals surface area contributed by atoms with Gasteiger partial charge >= 0.3 is 12.4 Å². The molecule has 0 saturated heterocycles. The van der Waals surface area contributed by atoms with Gasteiger partial charge in [0.2, 0.25) is 11.8 Å². The van der Waals surface area contributed by atoms with Gasteiger partial charge in [0.1, 0.15) is 0 Å². The molecule has 0 aromatic heterocycles. The summed E-state index contributed by atoms with van der Waals surface area (Å²) in [6, 6.07) is 4.78. The van der Waals surface area contributed by atoms with Gasteiger partial charge < -0.3 is 10.2 Å². The van der Waals surface area contributed by atoms with E-state index in [9.17, 15) is 44.3 Å². The van der Waals surface area contributed by atoms with Crippen molar-refractivity contribution in [3.63, 3.8) is 0 Å². The molecule has 0 spiro atoms. The zero-order valence-electron chi connectivity index (χ0n) is 18.3. The maximum atomic E-state index is 13.0. The van der Waals surface area contributed by atoms with E-state index in [0.29, 0.717) is 42.8 Å². The number of benzene rings is 2. The Hall–Kier alpha value is -3.09. The van der Waals surface area contributed by atoms with Crippen molar-refractivity contribution < 1.29 is 44.3 Å². The minimum Gasteiger partial charge on any atom is -0.326 e. The molecule has 1 aliphatic heterocycles. The minimum absolute atomic E-state index is 0.0799. The van der Waals surface area contributed by atoms with E-state index in [0.717, 1.165) is 0 Å². The van der Waals surface area contributed by atoms with E-state index >= 15 is 0 Å². The lowest BCUT2D eigenvalue weighted by molar-refractivity contribution is -0.143. The second-order valence-corrected chi connectivity index (χ2v) is 10.1. The van der Waals surface area contributed by atoms with Crippen molar-refractivity contribution in [3.8, 4) is 0 Å². The number of anilines is 2. The van der Waals surface area contributed by atoms with Crippen molar-refractivity contribution in [2.75, 3.05) is 22.5 Å². The van der Waals surface area contributed by atoms with Gasteiger partial charge in [-0.05, 0) is 54.8 Å². The number of hydrogen-bond acceptors (Lipinski definition) is 4. The third-order valence-corrected chi connectivity index (χ3v) is 7.09. The van der Waals surface area contributed by atoms with Gasteiger partial charge in [-0.2, -0.15) is 26.3 Å². The topological polar surface area (TPSA) is 83.6 Å². The van der Waals surface area contributed by atoms with Crippen LogP contribution in [-0.4, -0.2) is 32.5 Å². The highest BCUT2D eigenvalue weighted by Crippen LogP contribution is 2.37. The van der Waals surface area contributed by atoms with Crippen LogP contribution in [0, 0.1) is 0 Å². The van der Waals surface area contributed by atoms with Crippen LogP contribution in [0.25, 0.3) is 0 Å². The monoisotopic (exact) mass is 522 g/mol. The highest BCUT2D eigenvalue weighted by atomic mass is 32.2. The van der Waals surface area contributed by atoms with Crippen molar-refractivity contribution in [3.05, 3.63) is 53.1 Å². The minimum atomic E-state index is -5.09. The Morgan fingerprint density at radius 1 is 0.971 bits per heavy atom. The van der Waals surface area contributed by atoms with Gasteiger partial charge in [-0.3, -0.25) is 9.59 Å². The smallest absolute Gasteiger partial charge is 0.326 e. The summed E-state index contributed by atoms with van der Waals surface area (Å²) in [5, 5.41) is 1.91. The molecule has 13 heteroatoms. The van der Waals surface area contributed by atoms with Crippen LogP contribution in [0.2, 0.25) is 0 Å². The van der Waals surface area contributed by atoms with Crippen molar-refractivity contribution in [2.24, 2.45) is 0 Å². The number of hydrogen-bond donors (Lipinski definition) is 1. The van der Waals surface area contributed by atoms with Crippen molar-refractivity contribution >= 4 is 33.0 Å². The van der Waals surface area contributed by atoms with Gasteiger partial charge in [-0.1, -0.05) is 0 Å². The predicted molar refractivity (Wildman–Crippen MR) is 115 cm³/mol. The van der Waals surface area contributed by atoms with Crippen LogP contribution in [0.3, 0.4) is 0 Å². The summed E-state index contributed by atoms with van der Waals surface area (Å²) < 4.78 is 103. The molecule has 1 N–H and O–H groups in total. The molecule has 6 nitrogen and oxygen atoms in total. The van der Waals surface area contributed by atoms with E-state index < -0.39 is 57.1 Å². The summed E-state index contributed by atoms with van der Waals surface area (Å²) in [6.45, 7) is 1.89. The zero-order chi connectivity index (χ0) is 26.2. The molecular weight excluding hydrogens is 502 g/mol. The molecular formula is C22H20F6N2O4S. The normalized spacial score (nSPS) is 14.4. The maximum Gasteiger partial charge on any atom is 0.416 e. The molecule has 0 fully saturated rings. The Labute approximate surface area is 196 Å². The Balaban J connectivity index is 1.75. The second-order valence-electron chi connectivity index (χ2n) is 7.98. The van der Waals surface area contributed by atoms with Crippen molar-refractivity contribution in [2.45, 2.75) is 43.4 Å². The summed E-state index contributed by atoms with van der Waals surface area (Å²) in [7, 11) is -4.01. The molecule has 3 rings (SSSR count). The van der Waals surface area contributed by atoms with Crippen LogP contribution < -0.4 is 10.2 Å². The van der Waals surface area contributed by atoms with E-state index in [1.807, 2.05) is 5.32 Å². The number of amides is 2. The van der Waals surface area contributed by atoms with Gasteiger partial charge in [-0.15, -0.1) is 0 Å². The lowest BCUT2D eigenvalue weighted by Crippen LogP contribution is -2.33. The van der Waals surface area contributed by atoms with Crippen LogP contribution in [0.1, 0.15) is 36.5 Å². The number of alkyl halides is 6. The molecule has 0 atom stereocenters. The number of aryl methyl sites for hydroxylation is 1.